The average molecular weight is 310 g/mol. The van der Waals surface area contributed by atoms with E-state index in [1.807, 2.05) is 0 Å². The van der Waals surface area contributed by atoms with Crippen LogP contribution < -0.4 is 10.1 Å². The molecule has 1 N–H and O–H groups in total. The van der Waals surface area contributed by atoms with E-state index in [1.165, 1.54) is 13.0 Å². The van der Waals surface area contributed by atoms with Crippen molar-refractivity contribution in [3.63, 3.8) is 0 Å². The first-order valence-electron chi connectivity index (χ1n) is 6.83. The maximum Gasteiger partial charge on any atom is 0.308 e. The van der Waals surface area contributed by atoms with Crippen LogP contribution in [-0.2, 0) is 9.63 Å². The summed E-state index contributed by atoms with van der Waals surface area (Å²) in [6.45, 7) is 1.80. The summed E-state index contributed by atoms with van der Waals surface area (Å²) in [5, 5.41) is 11.8. The number of nitrogens with one attached hydrogen (secondary N) is 1. The molecule has 0 spiro atoms. The molecule has 0 unspecified atom stereocenters. The van der Waals surface area contributed by atoms with Crippen LogP contribution in [0.3, 0.4) is 0 Å². The SMILES string of the molecule is CC(=O)Oc1cccc(C(=O)NCCCCCO[N+](=O)[O-])c1. The summed E-state index contributed by atoms with van der Waals surface area (Å²) in [4.78, 5) is 36.9. The number of carbonyl (C=O) groups is 2. The highest BCUT2D eigenvalue weighted by molar-refractivity contribution is 5.94. The van der Waals surface area contributed by atoms with Crippen molar-refractivity contribution in [3.05, 3.63) is 39.9 Å². The van der Waals surface area contributed by atoms with Crippen molar-refractivity contribution in [1.82, 2.24) is 5.32 Å². The molecule has 0 heterocycles. The minimum Gasteiger partial charge on any atom is -0.427 e. The maximum absolute atomic E-state index is 11.9. The number of unbranched alkanes of at least 4 members (excludes halogenated alkanes) is 2. The Bertz CT molecular complexity index is 532. The molecule has 1 rings (SSSR count). The summed E-state index contributed by atoms with van der Waals surface area (Å²) in [6.07, 6.45) is 1.96. The monoisotopic (exact) mass is 310 g/mol. The number of carbonyl (C=O) groups excluding carboxylic acids is 2. The van der Waals surface area contributed by atoms with E-state index in [1.54, 1.807) is 18.2 Å². The molecule has 1 aromatic carbocycles. The molecule has 0 radical (unpaired) electrons. The summed E-state index contributed by atoms with van der Waals surface area (Å²) in [5.41, 5.74) is 0.399. The molecular weight excluding hydrogens is 292 g/mol. The molecule has 0 fully saturated rings. The first-order chi connectivity index (χ1) is 10.5. The van der Waals surface area contributed by atoms with E-state index in [9.17, 15) is 19.7 Å². The topological polar surface area (TPSA) is 108 Å². The highest BCUT2D eigenvalue weighted by atomic mass is 16.9. The van der Waals surface area contributed by atoms with Crippen LogP contribution in [0.5, 0.6) is 5.75 Å². The lowest BCUT2D eigenvalue weighted by molar-refractivity contribution is -0.757. The molecule has 0 aliphatic carbocycles. The number of amides is 1. The van der Waals surface area contributed by atoms with Gasteiger partial charge >= 0.3 is 5.97 Å². The van der Waals surface area contributed by atoms with Gasteiger partial charge in [-0.3, -0.25) is 9.59 Å². The van der Waals surface area contributed by atoms with Crippen LogP contribution in [0.15, 0.2) is 24.3 Å². The van der Waals surface area contributed by atoms with Gasteiger partial charge < -0.3 is 14.9 Å². The normalized spacial score (nSPS) is 9.86. The maximum atomic E-state index is 11.9. The van der Waals surface area contributed by atoms with Crippen molar-refractivity contribution >= 4 is 11.9 Å². The second kappa shape index (κ2) is 9.32. The lowest BCUT2D eigenvalue weighted by Crippen LogP contribution is -2.24. The van der Waals surface area contributed by atoms with Crippen LogP contribution in [0.2, 0.25) is 0 Å². The molecule has 0 atom stereocenters. The largest absolute Gasteiger partial charge is 0.427 e. The third-order valence-corrected chi connectivity index (χ3v) is 2.66. The third kappa shape index (κ3) is 7.22. The van der Waals surface area contributed by atoms with Crippen LogP contribution in [0, 0.1) is 10.1 Å². The van der Waals surface area contributed by atoms with Gasteiger partial charge in [-0.15, -0.1) is 10.1 Å². The van der Waals surface area contributed by atoms with E-state index in [2.05, 4.69) is 10.2 Å². The fourth-order valence-corrected chi connectivity index (χ4v) is 1.71. The average Bonchev–Trinajstić information content (AvgIpc) is 2.45. The van der Waals surface area contributed by atoms with Crippen molar-refractivity contribution < 1.29 is 24.3 Å². The first kappa shape index (κ1) is 17.4. The summed E-state index contributed by atoms with van der Waals surface area (Å²) in [7, 11) is 0. The molecule has 0 aliphatic heterocycles. The number of rotatable bonds is 9. The predicted octanol–water partition coefficient (Wildman–Crippen LogP) is 1.72. The molecule has 22 heavy (non-hydrogen) atoms. The molecule has 1 aromatic rings. The number of nitrogens with zero attached hydrogens (tertiary/aromatic N) is 1. The number of benzene rings is 1. The fraction of sp³-hybridized carbons (Fsp3) is 0.429. The van der Waals surface area contributed by atoms with Crippen LogP contribution in [0.1, 0.15) is 36.5 Å². The predicted molar refractivity (Wildman–Crippen MR) is 76.9 cm³/mol. The smallest absolute Gasteiger partial charge is 0.308 e. The summed E-state index contributed by atoms with van der Waals surface area (Å²) < 4.78 is 4.91. The van der Waals surface area contributed by atoms with Crippen LogP contribution >= 0.6 is 0 Å². The van der Waals surface area contributed by atoms with Crippen molar-refractivity contribution in [2.75, 3.05) is 13.2 Å². The van der Waals surface area contributed by atoms with E-state index < -0.39 is 11.1 Å². The summed E-state index contributed by atoms with van der Waals surface area (Å²) >= 11 is 0. The summed E-state index contributed by atoms with van der Waals surface area (Å²) in [5.74, 6) is -0.401. The Morgan fingerprint density at radius 3 is 2.73 bits per heavy atom. The second-order valence-electron chi connectivity index (χ2n) is 4.49. The molecule has 0 saturated carbocycles. The second-order valence-corrected chi connectivity index (χ2v) is 4.49. The van der Waals surface area contributed by atoms with Gasteiger partial charge in [0.05, 0.1) is 6.61 Å². The van der Waals surface area contributed by atoms with Gasteiger partial charge in [0, 0.05) is 19.0 Å². The quantitative estimate of drug-likeness (QED) is 0.245. The van der Waals surface area contributed by atoms with E-state index in [0.29, 0.717) is 37.1 Å². The Kier molecular flexibility index (Phi) is 7.38. The van der Waals surface area contributed by atoms with Crippen LogP contribution in [0.4, 0.5) is 0 Å². The first-order valence-corrected chi connectivity index (χ1v) is 6.83. The highest BCUT2D eigenvalue weighted by Gasteiger charge is 2.07. The Hall–Kier alpha value is -2.64. The van der Waals surface area contributed by atoms with Gasteiger partial charge in [-0.1, -0.05) is 6.07 Å². The van der Waals surface area contributed by atoms with Gasteiger partial charge in [0.25, 0.3) is 11.0 Å². The van der Waals surface area contributed by atoms with E-state index in [0.717, 1.165) is 0 Å². The van der Waals surface area contributed by atoms with E-state index in [-0.39, 0.29) is 12.5 Å². The minimum absolute atomic E-state index is 0.0609. The van der Waals surface area contributed by atoms with Gasteiger partial charge in [-0.25, -0.2) is 0 Å². The van der Waals surface area contributed by atoms with Gasteiger partial charge in [0.2, 0.25) is 0 Å². The Morgan fingerprint density at radius 1 is 1.27 bits per heavy atom. The molecule has 1 amide bonds. The molecule has 8 heteroatoms. The van der Waals surface area contributed by atoms with Crippen molar-refractivity contribution in [2.45, 2.75) is 26.2 Å². The van der Waals surface area contributed by atoms with Gasteiger partial charge in [-0.2, -0.15) is 0 Å². The summed E-state index contributed by atoms with van der Waals surface area (Å²) in [6, 6.07) is 6.32. The van der Waals surface area contributed by atoms with Gasteiger partial charge in [0.1, 0.15) is 5.75 Å². The fourth-order valence-electron chi connectivity index (χ4n) is 1.71. The molecular formula is C14H18N2O6. The third-order valence-electron chi connectivity index (χ3n) is 2.66. The molecule has 0 aliphatic rings. The molecule has 0 aromatic heterocycles. The lowest BCUT2D eigenvalue weighted by Gasteiger charge is -2.07. The van der Waals surface area contributed by atoms with Gasteiger partial charge in [-0.05, 0) is 37.5 Å². The van der Waals surface area contributed by atoms with Crippen molar-refractivity contribution in [3.8, 4) is 5.75 Å². The van der Waals surface area contributed by atoms with E-state index in [4.69, 9.17) is 4.74 Å². The number of hydrogen-bond acceptors (Lipinski definition) is 6. The molecule has 0 bridgehead atoms. The Balaban J connectivity index is 2.27. The number of hydrogen-bond donors (Lipinski definition) is 1. The Labute approximate surface area is 127 Å². The zero-order chi connectivity index (χ0) is 16.4. The standard InChI is InChI=1S/C14H18N2O6/c1-11(17)22-13-7-5-6-12(10-13)14(18)15-8-3-2-4-9-21-16(19)20/h5-7,10H,2-4,8-9H2,1H3,(H,15,18). The van der Waals surface area contributed by atoms with Crippen molar-refractivity contribution in [2.24, 2.45) is 0 Å². The van der Waals surface area contributed by atoms with Crippen LogP contribution in [-0.4, -0.2) is 30.1 Å². The number of esters is 1. The molecule has 120 valence electrons. The molecule has 8 nitrogen and oxygen atoms in total. The zero-order valence-corrected chi connectivity index (χ0v) is 12.2. The van der Waals surface area contributed by atoms with E-state index >= 15 is 0 Å². The van der Waals surface area contributed by atoms with Crippen molar-refractivity contribution in [1.29, 1.82) is 0 Å². The Morgan fingerprint density at radius 2 is 2.05 bits per heavy atom. The highest BCUT2D eigenvalue weighted by Crippen LogP contribution is 2.13. The molecule has 0 saturated heterocycles. The zero-order valence-electron chi connectivity index (χ0n) is 12.2. The van der Waals surface area contributed by atoms with Gasteiger partial charge in [0.15, 0.2) is 0 Å². The number of ether oxygens (including phenoxy) is 1. The lowest BCUT2D eigenvalue weighted by atomic mass is 10.2. The minimum atomic E-state index is -0.822. The van der Waals surface area contributed by atoms with Crippen LogP contribution in [0.25, 0.3) is 0 Å².